The summed E-state index contributed by atoms with van der Waals surface area (Å²) < 4.78 is 5.50. The van der Waals surface area contributed by atoms with Gasteiger partial charge in [0, 0.05) is 12.1 Å². The maximum atomic E-state index is 14.5. The van der Waals surface area contributed by atoms with E-state index in [2.05, 4.69) is 17.6 Å². The summed E-state index contributed by atoms with van der Waals surface area (Å²) in [5.74, 6) is -0.358. The number of hydrogen-bond acceptors (Lipinski definition) is 4. The Morgan fingerprint density at radius 1 is 1.00 bits per heavy atom. The van der Waals surface area contributed by atoms with Crippen LogP contribution in [-0.4, -0.2) is 46.5 Å². The molecule has 0 aliphatic heterocycles. The standard InChI is InChI=1S/C31H53N3O4/c1-12-14-15-18-32-27(35)26(24-20-22(5)16-17-23(24)6)34(31(10,11)13-2)28(36)25(19-21(3)4)33-29(37)38-30(7,8)9/h16-17,20-21,25-26H,12-15,18-19H2,1-11H3,(H,32,35)(H,33,37). The molecule has 2 unspecified atom stereocenters. The van der Waals surface area contributed by atoms with Crippen LogP contribution >= 0.6 is 0 Å². The third-order valence-electron chi connectivity index (χ3n) is 6.77. The number of carbonyl (C=O) groups excluding carboxylic acids is 3. The largest absolute Gasteiger partial charge is 0.444 e. The van der Waals surface area contributed by atoms with Crippen molar-refractivity contribution in [3.8, 4) is 0 Å². The first-order chi connectivity index (χ1) is 17.5. The highest BCUT2D eigenvalue weighted by Gasteiger charge is 2.43. The van der Waals surface area contributed by atoms with Crippen molar-refractivity contribution in [3.05, 3.63) is 34.9 Å². The van der Waals surface area contributed by atoms with Gasteiger partial charge >= 0.3 is 6.09 Å². The molecule has 0 aliphatic rings. The molecule has 38 heavy (non-hydrogen) atoms. The van der Waals surface area contributed by atoms with Crippen molar-refractivity contribution < 1.29 is 19.1 Å². The Morgan fingerprint density at radius 3 is 2.16 bits per heavy atom. The topological polar surface area (TPSA) is 87.7 Å². The fourth-order valence-corrected chi connectivity index (χ4v) is 4.39. The first kappa shape index (κ1) is 33.5. The third kappa shape index (κ3) is 10.3. The predicted molar refractivity (Wildman–Crippen MR) is 155 cm³/mol. The van der Waals surface area contributed by atoms with Crippen LogP contribution in [-0.2, 0) is 14.3 Å². The quantitative estimate of drug-likeness (QED) is 0.280. The third-order valence-corrected chi connectivity index (χ3v) is 6.77. The molecule has 2 N–H and O–H groups in total. The van der Waals surface area contributed by atoms with E-state index in [0.717, 1.165) is 36.0 Å². The second-order valence-electron chi connectivity index (χ2n) is 12.5. The Hall–Kier alpha value is -2.57. The van der Waals surface area contributed by atoms with Crippen molar-refractivity contribution in [2.24, 2.45) is 5.92 Å². The Labute approximate surface area is 231 Å². The van der Waals surface area contributed by atoms with Crippen LogP contribution in [0.2, 0.25) is 0 Å². The summed E-state index contributed by atoms with van der Waals surface area (Å²) in [7, 11) is 0. The molecule has 0 fully saturated rings. The SMILES string of the molecule is CCCCCNC(=O)C(c1cc(C)ccc1C)N(C(=O)C(CC(C)C)NC(=O)OC(C)(C)C)C(C)(C)CC. The summed E-state index contributed by atoms with van der Waals surface area (Å²) in [5.41, 5.74) is 1.39. The van der Waals surface area contributed by atoms with Gasteiger partial charge in [0.05, 0.1) is 0 Å². The predicted octanol–water partition coefficient (Wildman–Crippen LogP) is 6.61. The Kier molecular flexibility index (Phi) is 12.8. The van der Waals surface area contributed by atoms with Gasteiger partial charge in [0.2, 0.25) is 11.8 Å². The van der Waals surface area contributed by atoms with Crippen molar-refractivity contribution in [3.63, 3.8) is 0 Å². The first-order valence-electron chi connectivity index (χ1n) is 14.2. The van der Waals surface area contributed by atoms with Crippen molar-refractivity contribution >= 4 is 17.9 Å². The van der Waals surface area contributed by atoms with Gasteiger partial charge in [-0.1, -0.05) is 64.3 Å². The maximum absolute atomic E-state index is 14.5. The van der Waals surface area contributed by atoms with Crippen molar-refractivity contribution in [2.75, 3.05) is 6.54 Å². The summed E-state index contributed by atoms with van der Waals surface area (Å²) in [6.45, 7) is 22.0. The number of aryl methyl sites for hydroxylation is 2. The van der Waals surface area contributed by atoms with E-state index in [1.54, 1.807) is 25.7 Å². The molecule has 216 valence electrons. The fraction of sp³-hybridized carbons (Fsp3) is 0.710. The van der Waals surface area contributed by atoms with Crippen molar-refractivity contribution in [1.29, 1.82) is 0 Å². The van der Waals surface area contributed by atoms with Crippen molar-refractivity contribution in [1.82, 2.24) is 15.5 Å². The highest BCUT2D eigenvalue weighted by Crippen LogP contribution is 2.34. The van der Waals surface area contributed by atoms with Gasteiger partial charge in [-0.2, -0.15) is 0 Å². The average Bonchev–Trinajstić information content (AvgIpc) is 2.79. The van der Waals surface area contributed by atoms with Crippen LogP contribution in [0, 0.1) is 19.8 Å². The second kappa shape index (κ2) is 14.5. The number of unbranched alkanes of at least 4 members (excludes halogenated alkanes) is 2. The normalized spacial score (nSPS) is 13.6. The number of nitrogens with zero attached hydrogens (tertiary/aromatic N) is 1. The summed E-state index contributed by atoms with van der Waals surface area (Å²) in [5, 5.41) is 5.93. The average molecular weight is 532 g/mol. The first-order valence-corrected chi connectivity index (χ1v) is 14.2. The van der Waals surface area contributed by atoms with Crippen LogP contribution in [0.15, 0.2) is 18.2 Å². The summed E-state index contributed by atoms with van der Waals surface area (Å²) in [6.07, 6.45) is 3.36. The molecule has 3 amide bonds. The molecule has 0 radical (unpaired) electrons. The minimum Gasteiger partial charge on any atom is -0.444 e. The number of nitrogens with one attached hydrogen (secondary N) is 2. The van der Waals surface area contributed by atoms with E-state index in [1.807, 2.05) is 66.7 Å². The van der Waals surface area contributed by atoms with E-state index in [9.17, 15) is 14.4 Å². The van der Waals surface area contributed by atoms with Crippen LogP contribution in [0.25, 0.3) is 0 Å². The number of ether oxygens (including phenoxy) is 1. The molecule has 0 saturated carbocycles. The zero-order valence-electron chi connectivity index (χ0n) is 25.8. The van der Waals surface area contributed by atoms with Crippen LogP contribution in [0.5, 0.6) is 0 Å². The van der Waals surface area contributed by atoms with E-state index in [1.165, 1.54) is 0 Å². The monoisotopic (exact) mass is 531 g/mol. The minimum atomic E-state index is -0.839. The number of benzene rings is 1. The van der Waals surface area contributed by atoms with E-state index < -0.39 is 29.3 Å². The molecule has 0 saturated heterocycles. The number of amides is 3. The van der Waals surface area contributed by atoms with Gasteiger partial charge in [-0.25, -0.2) is 4.79 Å². The van der Waals surface area contributed by atoms with E-state index in [-0.39, 0.29) is 17.7 Å². The molecule has 1 aromatic carbocycles. The summed E-state index contributed by atoms with van der Waals surface area (Å²) in [4.78, 5) is 42.9. The molecule has 0 aliphatic carbocycles. The zero-order valence-corrected chi connectivity index (χ0v) is 25.8. The molecular weight excluding hydrogens is 478 g/mol. The molecule has 0 bridgehead atoms. The number of alkyl carbamates (subject to hydrolysis) is 1. The highest BCUT2D eigenvalue weighted by molar-refractivity contribution is 5.93. The molecule has 0 spiro atoms. The van der Waals surface area contributed by atoms with Gasteiger partial charge in [-0.3, -0.25) is 9.59 Å². The Bertz CT molecular complexity index is 934. The van der Waals surface area contributed by atoms with E-state index in [0.29, 0.717) is 19.4 Å². The highest BCUT2D eigenvalue weighted by atomic mass is 16.6. The number of carbonyl (C=O) groups is 3. The van der Waals surface area contributed by atoms with Crippen LogP contribution in [0.1, 0.15) is 117 Å². The van der Waals surface area contributed by atoms with Gasteiger partial charge < -0.3 is 20.3 Å². The second-order valence-corrected chi connectivity index (χ2v) is 12.5. The minimum absolute atomic E-state index is 0.132. The smallest absolute Gasteiger partial charge is 0.408 e. The van der Waals surface area contributed by atoms with Crippen LogP contribution in [0.4, 0.5) is 4.79 Å². The van der Waals surface area contributed by atoms with E-state index in [4.69, 9.17) is 4.74 Å². The van der Waals surface area contributed by atoms with Gasteiger partial charge in [-0.15, -0.1) is 0 Å². The lowest BCUT2D eigenvalue weighted by Crippen LogP contribution is -2.59. The zero-order chi connectivity index (χ0) is 29.3. The lowest BCUT2D eigenvalue weighted by atomic mass is 9.89. The molecule has 0 heterocycles. The van der Waals surface area contributed by atoms with Gasteiger partial charge in [-0.05, 0) is 84.8 Å². The van der Waals surface area contributed by atoms with Crippen LogP contribution in [0.3, 0.4) is 0 Å². The molecule has 1 rings (SSSR count). The van der Waals surface area contributed by atoms with Gasteiger partial charge in [0.25, 0.3) is 0 Å². The molecule has 7 heteroatoms. The Balaban J connectivity index is 3.65. The molecule has 1 aromatic rings. The summed E-state index contributed by atoms with van der Waals surface area (Å²) >= 11 is 0. The summed E-state index contributed by atoms with van der Waals surface area (Å²) in [6, 6.07) is 4.33. The van der Waals surface area contributed by atoms with Gasteiger partial charge in [0.1, 0.15) is 17.7 Å². The lowest BCUT2D eigenvalue weighted by Gasteiger charge is -2.45. The van der Waals surface area contributed by atoms with Crippen LogP contribution < -0.4 is 10.6 Å². The van der Waals surface area contributed by atoms with E-state index >= 15 is 0 Å². The number of rotatable bonds is 13. The molecule has 0 aromatic heterocycles. The van der Waals surface area contributed by atoms with Crippen molar-refractivity contribution in [2.45, 2.75) is 131 Å². The molecular formula is C31H53N3O4. The Morgan fingerprint density at radius 2 is 1.63 bits per heavy atom. The number of hydrogen-bond donors (Lipinski definition) is 2. The molecule has 2 atom stereocenters. The fourth-order valence-electron chi connectivity index (χ4n) is 4.39. The maximum Gasteiger partial charge on any atom is 0.408 e. The van der Waals surface area contributed by atoms with Gasteiger partial charge in [0.15, 0.2) is 0 Å². The lowest BCUT2D eigenvalue weighted by molar-refractivity contribution is -0.149. The molecule has 7 nitrogen and oxygen atoms in total.